The molecule has 0 fully saturated rings. The third-order valence-corrected chi connectivity index (χ3v) is 3.32. The first-order chi connectivity index (χ1) is 8.13. The van der Waals surface area contributed by atoms with Gasteiger partial charge in [-0.25, -0.2) is 4.98 Å². The molecule has 0 saturated carbocycles. The molecule has 0 spiro atoms. The largest absolute Gasteiger partial charge is 0.399 e. The molecule has 0 aliphatic carbocycles. The highest BCUT2D eigenvalue weighted by Gasteiger charge is 2.04. The standard InChI is InChI=1S/C13H17N3S/c1-10-15-13(9-17-10)8-16(2)7-11-4-3-5-12(14)6-11/h3-6,9H,7-8,14H2,1-2H3. The van der Waals surface area contributed by atoms with Gasteiger partial charge in [-0.2, -0.15) is 0 Å². The van der Waals surface area contributed by atoms with Crippen LogP contribution in [0.15, 0.2) is 29.6 Å². The summed E-state index contributed by atoms with van der Waals surface area (Å²) in [5.74, 6) is 0. The van der Waals surface area contributed by atoms with Gasteiger partial charge in [0.25, 0.3) is 0 Å². The minimum Gasteiger partial charge on any atom is -0.399 e. The van der Waals surface area contributed by atoms with Crippen LogP contribution in [0, 0.1) is 6.92 Å². The average Bonchev–Trinajstić information content (AvgIpc) is 2.63. The van der Waals surface area contributed by atoms with Gasteiger partial charge in [-0.15, -0.1) is 11.3 Å². The fourth-order valence-corrected chi connectivity index (χ4v) is 2.42. The predicted molar refractivity (Wildman–Crippen MR) is 72.9 cm³/mol. The summed E-state index contributed by atoms with van der Waals surface area (Å²) in [6, 6.07) is 8.01. The second kappa shape index (κ2) is 5.29. The molecule has 0 aliphatic rings. The molecule has 0 unspecified atom stereocenters. The Bertz CT molecular complexity index is 493. The average molecular weight is 247 g/mol. The molecule has 1 aromatic carbocycles. The Morgan fingerprint density at radius 3 is 2.82 bits per heavy atom. The van der Waals surface area contributed by atoms with Crippen LogP contribution >= 0.6 is 11.3 Å². The lowest BCUT2D eigenvalue weighted by Gasteiger charge is -2.15. The van der Waals surface area contributed by atoms with E-state index >= 15 is 0 Å². The van der Waals surface area contributed by atoms with Crippen molar-refractivity contribution in [1.82, 2.24) is 9.88 Å². The van der Waals surface area contributed by atoms with Crippen molar-refractivity contribution in [3.05, 3.63) is 45.9 Å². The highest BCUT2D eigenvalue weighted by Crippen LogP contribution is 2.13. The number of nitrogens with zero attached hydrogens (tertiary/aromatic N) is 2. The SMILES string of the molecule is Cc1nc(CN(C)Cc2cccc(N)c2)cs1. The third kappa shape index (κ3) is 3.54. The number of hydrogen-bond donors (Lipinski definition) is 1. The van der Waals surface area contributed by atoms with Gasteiger partial charge >= 0.3 is 0 Å². The summed E-state index contributed by atoms with van der Waals surface area (Å²) in [5.41, 5.74) is 8.95. The molecule has 4 heteroatoms. The number of nitrogens with two attached hydrogens (primary N) is 1. The molecule has 90 valence electrons. The lowest BCUT2D eigenvalue weighted by molar-refractivity contribution is 0.315. The summed E-state index contributed by atoms with van der Waals surface area (Å²) in [4.78, 5) is 6.70. The number of nitrogen functional groups attached to an aromatic ring is 1. The van der Waals surface area contributed by atoms with E-state index in [1.54, 1.807) is 11.3 Å². The Hall–Kier alpha value is -1.39. The molecule has 0 radical (unpaired) electrons. The second-order valence-corrected chi connectivity index (χ2v) is 5.34. The first-order valence-corrected chi connectivity index (χ1v) is 6.45. The molecule has 2 rings (SSSR count). The minimum absolute atomic E-state index is 0.820. The van der Waals surface area contributed by atoms with E-state index in [1.807, 2.05) is 25.1 Å². The monoisotopic (exact) mass is 247 g/mol. The normalized spacial score (nSPS) is 11.0. The van der Waals surface area contributed by atoms with Crippen molar-refractivity contribution in [1.29, 1.82) is 0 Å². The summed E-state index contributed by atoms with van der Waals surface area (Å²) < 4.78 is 0. The zero-order valence-electron chi connectivity index (χ0n) is 10.2. The van der Waals surface area contributed by atoms with Crippen molar-refractivity contribution in [3.63, 3.8) is 0 Å². The Labute approximate surface area is 106 Å². The zero-order valence-corrected chi connectivity index (χ0v) is 11.0. The lowest BCUT2D eigenvalue weighted by Crippen LogP contribution is -2.17. The Morgan fingerprint density at radius 2 is 2.18 bits per heavy atom. The molecule has 2 aromatic rings. The van der Waals surface area contributed by atoms with Crippen molar-refractivity contribution >= 4 is 17.0 Å². The molecule has 0 saturated heterocycles. The Balaban J connectivity index is 1.95. The minimum atomic E-state index is 0.820. The van der Waals surface area contributed by atoms with Crippen molar-refractivity contribution < 1.29 is 0 Å². The van der Waals surface area contributed by atoms with Crippen LogP contribution in [0.5, 0.6) is 0 Å². The number of aromatic nitrogens is 1. The number of rotatable bonds is 4. The van der Waals surface area contributed by atoms with Crippen LogP contribution in [-0.2, 0) is 13.1 Å². The van der Waals surface area contributed by atoms with E-state index in [4.69, 9.17) is 5.73 Å². The summed E-state index contributed by atoms with van der Waals surface area (Å²) in [6.45, 7) is 3.80. The number of aryl methyl sites for hydroxylation is 1. The Morgan fingerprint density at radius 1 is 1.35 bits per heavy atom. The van der Waals surface area contributed by atoms with E-state index in [0.29, 0.717) is 0 Å². The van der Waals surface area contributed by atoms with Crippen molar-refractivity contribution in [2.24, 2.45) is 0 Å². The van der Waals surface area contributed by atoms with Gasteiger partial charge in [0.1, 0.15) is 0 Å². The topological polar surface area (TPSA) is 42.2 Å². The molecular weight excluding hydrogens is 230 g/mol. The fraction of sp³-hybridized carbons (Fsp3) is 0.308. The molecule has 1 heterocycles. The van der Waals surface area contributed by atoms with E-state index in [0.717, 1.165) is 29.5 Å². The van der Waals surface area contributed by atoms with E-state index < -0.39 is 0 Å². The maximum Gasteiger partial charge on any atom is 0.0897 e. The van der Waals surface area contributed by atoms with Crippen LogP contribution in [0.25, 0.3) is 0 Å². The van der Waals surface area contributed by atoms with Gasteiger partial charge in [0.2, 0.25) is 0 Å². The molecule has 17 heavy (non-hydrogen) atoms. The Kier molecular flexibility index (Phi) is 3.76. The zero-order chi connectivity index (χ0) is 12.3. The second-order valence-electron chi connectivity index (χ2n) is 4.28. The maximum atomic E-state index is 5.76. The molecule has 0 amide bonds. The fourth-order valence-electron chi connectivity index (χ4n) is 1.82. The lowest BCUT2D eigenvalue weighted by atomic mass is 10.2. The molecule has 2 N–H and O–H groups in total. The summed E-state index contributed by atoms with van der Waals surface area (Å²) in [5, 5.41) is 3.24. The van der Waals surface area contributed by atoms with Crippen LogP contribution in [0.3, 0.4) is 0 Å². The van der Waals surface area contributed by atoms with Gasteiger partial charge in [0.05, 0.1) is 10.7 Å². The third-order valence-electron chi connectivity index (χ3n) is 2.50. The van der Waals surface area contributed by atoms with Crippen LogP contribution in [0.4, 0.5) is 5.69 Å². The van der Waals surface area contributed by atoms with E-state index in [2.05, 4.69) is 28.4 Å². The first-order valence-electron chi connectivity index (χ1n) is 5.57. The van der Waals surface area contributed by atoms with Gasteiger partial charge in [-0.05, 0) is 31.7 Å². The molecule has 3 nitrogen and oxygen atoms in total. The number of benzene rings is 1. The van der Waals surface area contributed by atoms with Crippen molar-refractivity contribution in [2.75, 3.05) is 12.8 Å². The summed E-state index contributed by atoms with van der Waals surface area (Å²) >= 11 is 1.70. The van der Waals surface area contributed by atoms with Gasteiger partial charge in [0, 0.05) is 24.2 Å². The quantitative estimate of drug-likeness (QED) is 0.845. The molecule has 0 bridgehead atoms. The summed E-state index contributed by atoms with van der Waals surface area (Å²) in [7, 11) is 2.10. The van der Waals surface area contributed by atoms with E-state index in [1.165, 1.54) is 5.56 Å². The van der Waals surface area contributed by atoms with Crippen LogP contribution in [0.1, 0.15) is 16.3 Å². The molecular formula is C13H17N3S. The van der Waals surface area contributed by atoms with Gasteiger partial charge in [-0.1, -0.05) is 12.1 Å². The summed E-state index contributed by atoms with van der Waals surface area (Å²) in [6.07, 6.45) is 0. The highest BCUT2D eigenvalue weighted by atomic mass is 32.1. The number of hydrogen-bond acceptors (Lipinski definition) is 4. The molecule has 1 aromatic heterocycles. The van der Waals surface area contributed by atoms with Gasteiger partial charge in [0.15, 0.2) is 0 Å². The van der Waals surface area contributed by atoms with Crippen LogP contribution in [-0.4, -0.2) is 16.9 Å². The number of thiazole rings is 1. The van der Waals surface area contributed by atoms with E-state index in [9.17, 15) is 0 Å². The smallest absolute Gasteiger partial charge is 0.0897 e. The van der Waals surface area contributed by atoms with Crippen molar-refractivity contribution in [3.8, 4) is 0 Å². The first kappa shape index (κ1) is 12.1. The van der Waals surface area contributed by atoms with Crippen LogP contribution in [0.2, 0.25) is 0 Å². The van der Waals surface area contributed by atoms with Crippen molar-refractivity contribution in [2.45, 2.75) is 20.0 Å². The van der Waals surface area contributed by atoms with Gasteiger partial charge < -0.3 is 5.73 Å². The van der Waals surface area contributed by atoms with E-state index in [-0.39, 0.29) is 0 Å². The predicted octanol–water partition coefficient (Wildman–Crippen LogP) is 2.67. The van der Waals surface area contributed by atoms with Crippen LogP contribution < -0.4 is 5.73 Å². The maximum absolute atomic E-state index is 5.76. The van der Waals surface area contributed by atoms with Gasteiger partial charge in [-0.3, -0.25) is 4.90 Å². The highest BCUT2D eigenvalue weighted by molar-refractivity contribution is 7.09. The number of anilines is 1. The molecule has 0 atom stereocenters. The molecule has 0 aliphatic heterocycles.